The maximum Gasteiger partial charge on any atom is 0.239 e. The number of hydrogen-bond acceptors (Lipinski definition) is 5. The average Bonchev–Trinajstić information content (AvgIpc) is 2.83. The largest absolute Gasteiger partial charge is 0.489 e. The molecule has 1 aliphatic heterocycles. The molecule has 1 unspecified atom stereocenters. The van der Waals surface area contributed by atoms with Crippen LogP contribution in [0.2, 0.25) is 0 Å². The van der Waals surface area contributed by atoms with Gasteiger partial charge >= 0.3 is 0 Å². The molecule has 0 bridgehead atoms. The van der Waals surface area contributed by atoms with Gasteiger partial charge in [-0.25, -0.2) is 4.99 Å². The van der Waals surface area contributed by atoms with Gasteiger partial charge in [0.05, 0.1) is 17.6 Å². The summed E-state index contributed by atoms with van der Waals surface area (Å²) < 4.78 is 5.89. The van der Waals surface area contributed by atoms with E-state index in [0.717, 1.165) is 16.7 Å². The van der Waals surface area contributed by atoms with E-state index in [4.69, 9.17) is 15.5 Å². The zero-order valence-corrected chi connectivity index (χ0v) is 18.0. The van der Waals surface area contributed by atoms with Gasteiger partial charge < -0.3 is 10.5 Å². The Kier molecular flexibility index (Phi) is 5.65. The van der Waals surface area contributed by atoms with Crippen molar-refractivity contribution in [1.82, 2.24) is 4.90 Å². The summed E-state index contributed by atoms with van der Waals surface area (Å²) in [6.07, 6.45) is 0. The fraction of sp³-hybridized carbons (Fsp3) is 0.192. The highest BCUT2D eigenvalue weighted by atomic mass is 16.5. The van der Waals surface area contributed by atoms with E-state index in [-0.39, 0.29) is 11.9 Å². The van der Waals surface area contributed by atoms with E-state index >= 15 is 0 Å². The molecule has 3 aromatic rings. The van der Waals surface area contributed by atoms with Crippen molar-refractivity contribution in [1.29, 1.82) is 5.26 Å². The number of amides is 1. The van der Waals surface area contributed by atoms with Crippen LogP contribution in [0.25, 0.3) is 0 Å². The van der Waals surface area contributed by atoms with Crippen LogP contribution >= 0.6 is 0 Å². The third kappa shape index (κ3) is 3.93. The molecule has 32 heavy (non-hydrogen) atoms. The fourth-order valence-corrected chi connectivity index (χ4v) is 4.02. The normalized spacial score (nSPS) is 20.4. The predicted octanol–water partition coefficient (Wildman–Crippen LogP) is 3.92. The summed E-state index contributed by atoms with van der Waals surface area (Å²) >= 11 is 0. The van der Waals surface area contributed by atoms with Gasteiger partial charge in [-0.2, -0.15) is 5.26 Å². The lowest BCUT2D eigenvalue weighted by atomic mass is 9.74. The molecule has 4 rings (SSSR count). The van der Waals surface area contributed by atoms with Gasteiger partial charge in [-0.05, 0) is 47.9 Å². The molecule has 0 spiro atoms. The van der Waals surface area contributed by atoms with Crippen LogP contribution in [0.15, 0.2) is 83.9 Å². The van der Waals surface area contributed by atoms with Gasteiger partial charge in [-0.15, -0.1) is 0 Å². The topological polar surface area (TPSA) is 91.7 Å². The first-order valence-corrected chi connectivity index (χ1v) is 10.3. The quantitative estimate of drug-likeness (QED) is 0.672. The number of likely N-dealkylation sites (N-methyl/N-ethyl adjacent to an activating group) is 1. The average molecular weight is 425 g/mol. The Bertz CT molecular complexity index is 1200. The number of guanidine groups is 1. The number of nitrogens with two attached hydrogens (primary N) is 1. The van der Waals surface area contributed by atoms with E-state index in [1.54, 1.807) is 25.2 Å². The summed E-state index contributed by atoms with van der Waals surface area (Å²) in [5, 5.41) is 9.34. The standard InChI is InChI=1S/C26H24N4O2/c1-26(21-10-6-9-19(15-21)16-27)23(24(31)30(2)25(28)29-26)20-11-13-22(14-12-20)32-17-18-7-4-3-5-8-18/h3-15,23H,17H2,1-2H3,(H2,28,29)/t23?,26-/m1/s1. The number of hydrogen-bond donors (Lipinski definition) is 1. The van der Waals surface area contributed by atoms with Crippen molar-refractivity contribution in [2.45, 2.75) is 25.0 Å². The molecule has 0 saturated carbocycles. The molecular formula is C26H24N4O2. The molecule has 1 amide bonds. The van der Waals surface area contributed by atoms with Gasteiger partial charge in [0, 0.05) is 7.05 Å². The van der Waals surface area contributed by atoms with Crippen LogP contribution in [-0.4, -0.2) is 23.8 Å². The van der Waals surface area contributed by atoms with Crippen molar-refractivity contribution < 1.29 is 9.53 Å². The first kappa shape index (κ1) is 21.1. The number of rotatable bonds is 5. The second-order valence-corrected chi connectivity index (χ2v) is 7.98. The molecule has 0 saturated heterocycles. The van der Waals surface area contributed by atoms with Gasteiger partial charge in [0.15, 0.2) is 5.96 Å². The van der Waals surface area contributed by atoms with E-state index < -0.39 is 11.5 Å². The molecule has 6 heteroatoms. The molecule has 0 fully saturated rings. The molecule has 0 aromatic heterocycles. The van der Waals surface area contributed by atoms with E-state index in [1.165, 1.54) is 4.90 Å². The number of carbonyl (C=O) groups is 1. The van der Waals surface area contributed by atoms with Crippen molar-refractivity contribution in [3.63, 3.8) is 0 Å². The smallest absolute Gasteiger partial charge is 0.239 e. The minimum absolute atomic E-state index is 0.152. The van der Waals surface area contributed by atoms with Crippen LogP contribution in [0.4, 0.5) is 0 Å². The molecule has 2 N–H and O–H groups in total. The molecule has 0 aliphatic carbocycles. The summed E-state index contributed by atoms with van der Waals surface area (Å²) in [6, 6.07) is 26.7. The third-order valence-corrected chi connectivity index (χ3v) is 5.87. The highest BCUT2D eigenvalue weighted by Crippen LogP contribution is 2.44. The van der Waals surface area contributed by atoms with Crippen LogP contribution < -0.4 is 10.5 Å². The fourth-order valence-electron chi connectivity index (χ4n) is 4.02. The zero-order chi connectivity index (χ0) is 22.7. The summed E-state index contributed by atoms with van der Waals surface area (Å²) in [5.74, 6) is 0.113. The molecule has 3 aromatic carbocycles. The highest BCUT2D eigenvalue weighted by Gasteiger charge is 2.47. The Balaban J connectivity index is 1.67. The minimum Gasteiger partial charge on any atom is -0.489 e. The van der Waals surface area contributed by atoms with Crippen molar-refractivity contribution in [3.05, 3.63) is 101 Å². The SMILES string of the molecule is CN1C(=O)C(c2ccc(OCc3ccccc3)cc2)[C@@](C)(c2cccc(C#N)c2)N=C1N. The monoisotopic (exact) mass is 424 g/mol. The first-order valence-electron chi connectivity index (χ1n) is 10.3. The van der Waals surface area contributed by atoms with Gasteiger partial charge in [0.1, 0.15) is 17.9 Å². The Labute approximate surface area is 187 Å². The second-order valence-electron chi connectivity index (χ2n) is 7.98. The molecule has 1 heterocycles. The van der Waals surface area contributed by atoms with Gasteiger partial charge in [-0.1, -0.05) is 54.6 Å². The number of ether oxygens (including phenoxy) is 1. The first-order chi connectivity index (χ1) is 15.4. The van der Waals surface area contributed by atoms with Gasteiger partial charge in [-0.3, -0.25) is 9.69 Å². The molecule has 160 valence electrons. The lowest BCUT2D eigenvalue weighted by molar-refractivity contribution is -0.130. The van der Waals surface area contributed by atoms with Gasteiger partial charge in [0.25, 0.3) is 0 Å². The number of aliphatic imine (C=N–C) groups is 1. The maximum atomic E-state index is 13.3. The van der Waals surface area contributed by atoms with Crippen LogP contribution in [0.1, 0.15) is 35.1 Å². The Morgan fingerprint density at radius 3 is 2.50 bits per heavy atom. The number of nitriles is 1. The third-order valence-electron chi connectivity index (χ3n) is 5.87. The van der Waals surface area contributed by atoms with E-state index in [9.17, 15) is 10.1 Å². The van der Waals surface area contributed by atoms with Crippen LogP contribution in [0, 0.1) is 11.3 Å². The number of carbonyl (C=O) groups excluding carboxylic acids is 1. The Morgan fingerprint density at radius 2 is 1.81 bits per heavy atom. The van der Waals surface area contributed by atoms with Crippen molar-refractivity contribution in [2.24, 2.45) is 10.7 Å². The summed E-state index contributed by atoms with van der Waals surface area (Å²) in [5.41, 5.74) is 8.28. The Morgan fingerprint density at radius 1 is 1.09 bits per heavy atom. The molecule has 6 nitrogen and oxygen atoms in total. The molecule has 2 atom stereocenters. The zero-order valence-electron chi connectivity index (χ0n) is 18.0. The summed E-state index contributed by atoms with van der Waals surface area (Å²) in [7, 11) is 1.62. The van der Waals surface area contributed by atoms with Crippen molar-refractivity contribution >= 4 is 11.9 Å². The lowest BCUT2D eigenvalue weighted by Gasteiger charge is -2.41. The minimum atomic E-state index is -0.951. The summed E-state index contributed by atoms with van der Waals surface area (Å²) in [6.45, 7) is 2.34. The maximum absolute atomic E-state index is 13.3. The Hall–Kier alpha value is -4.11. The van der Waals surface area contributed by atoms with E-state index in [2.05, 4.69) is 6.07 Å². The number of benzene rings is 3. The second kappa shape index (κ2) is 8.56. The number of nitrogens with zero attached hydrogens (tertiary/aromatic N) is 3. The predicted molar refractivity (Wildman–Crippen MR) is 123 cm³/mol. The van der Waals surface area contributed by atoms with Crippen LogP contribution in [0.3, 0.4) is 0 Å². The van der Waals surface area contributed by atoms with Crippen LogP contribution in [0.5, 0.6) is 5.75 Å². The van der Waals surface area contributed by atoms with Crippen molar-refractivity contribution in [2.75, 3.05) is 7.05 Å². The molecule has 1 aliphatic rings. The molecular weight excluding hydrogens is 400 g/mol. The molecule has 0 radical (unpaired) electrons. The van der Waals surface area contributed by atoms with Crippen molar-refractivity contribution in [3.8, 4) is 11.8 Å². The van der Waals surface area contributed by atoms with Crippen LogP contribution in [-0.2, 0) is 16.9 Å². The van der Waals surface area contributed by atoms with E-state index in [1.807, 2.05) is 67.6 Å². The highest BCUT2D eigenvalue weighted by molar-refractivity contribution is 6.02. The lowest BCUT2D eigenvalue weighted by Crippen LogP contribution is -2.52. The van der Waals surface area contributed by atoms with Gasteiger partial charge in [0.2, 0.25) is 5.91 Å². The summed E-state index contributed by atoms with van der Waals surface area (Å²) in [4.78, 5) is 19.4. The van der Waals surface area contributed by atoms with E-state index in [0.29, 0.717) is 17.9 Å².